The summed E-state index contributed by atoms with van der Waals surface area (Å²) in [4.78, 5) is 12.8. The molecular formula is C23H29N3O5S. The smallest absolute Gasteiger partial charge is 0.264 e. The highest BCUT2D eigenvalue weighted by Crippen LogP contribution is 2.32. The molecule has 0 unspecified atom stereocenters. The molecule has 0 aromatic heterocycles. The van der Waals surface area contributed by atoms with Crippen LogP contribution in [0.4, 0.5) is 5.69 Å². The highest BCUT2D eigenvalue weighted by Gasteiger charge is 2.29. The van der Waals surface area contributed by atoms with Crippen LogP contribution < -0.4 is 19.2 Å². The number of benzene rings is 2. The van der Waals surface area contributed by atoms with Crippen molar-refractivity contribution in [1.82, 2.24) is 5.43 Å². The van der Waals surface area contributed by atoms with Gasteiger partial charge in [-0.3, -0.25) is 9.10 Å². The number of anilines is 1. The average molecular weight is 460 g/mol. The molecule has 0 aliphatic heterocycles. The fourth-order valence-electron chi connectivity index (χ4n) is 3.57. The Hall–Kier alpha value is -3.07. The molecule has 2 aromatic carbocycles. The van der Waals surface area contributed by atoms with Gasteiger partial charge in [-0.1, -0.05) is 25.0 Å². The second-order valence-electron chi connectivity index (χ2n) is 7.49. The lowest BCUT2D eigenvalue weighted by atomic mass is 10.2. The molecule has 1 aliphatic rings. The van der Waals surface area contributed by atoms with E-state index in [1.165, 1.54) is 26.4 Å². The van der Waals surface area contributed by atoms with Gasteiger partial charge < -0.3 is 9.47 Å². The second-order valence-corrected chi connectivity index (χ2v) is 9.35. The Labute approximate surface area is 189 Å². The van der Waals surface area contributed by atoms with E-state index in [0.29, 0.717) is 11.5 Å². The molecule has 1 saturated carbocycles. The van der Waals surface area contributed by atoms with E-state index >= 15 is 0 Å². The normalized spacial score (nSPS) is 14.2. The van der Waals surface area contributed by atoms with Crippen molar-refractivity contribution in [1.29, 1.82) is 0 Å². The third-order valence-electron chi connectivity index (χ3n) is 5.31. The molecule has 1 fully saturated rings. The molecule has 1 amide bonds. The number of para-hydroxylation sites is 2. The van der Waals surface area contributed by atoms with E-state index in [1.807, 2.05) is 0 Å². The molecule has 8 nitrogen and oxygen atoms in total. The first-order valence-corrected chi connectivity index (χ1v) is 12.0. The third-order valence-corrected chi connectivity index (χ3v) is 7.08. The minimum Gasteiger partial charge on any atom is -0.497 e. The van der Waals surface area contributed by atoms with Crippen molar-refractivity contribution in [3.63, 3.8) is 0 Å². The summed E-state index contributed by atoms with van der Waals surface area (Å²) in [6.45, 7) is -0.439. The van der Waals surface area contributed by atoms with Crippen LogP contribution >= 0.6 is 0 Å². The molecule has 0 atom stereocenters. The first-order chi connectivity index (χ1) is 15.5. The SMILES string of the molecule is COc1ccc(S(=O)(=O)N(CC(=O)NN=C2CCCCCC2)c2ccccc2OC)cc1. The van der Waals surface area contributed by atoms with Gasteiger partial charge >= 0.3 is 0 Å². The van der Waals surface area contributed by atoms with Crippen LogP contribution in [0.3, 0.4) is 0 Å². The molecule has 0 spiro atoms. The predicted octanol–water partition coefficient (Wildman–Crippen LogP) is 3.73. The van der Waals surface area contributed by atoms with Gasteiger partial charge in [0, 0.05) is 5.71 Å². The number of sulfonamides is 1. The maximum absolute atomic E-state index is 13.5. The van der Waals surface area contributed by atoms with E-state index in [2.05, 4.69) is 10.5 Å². The number of methoxy groups -OCH3 is 2. The highest BCUT2D eigenvalue weighted by molar-refractivity contribution is 7.92. The summed E-state index contributed by atoms with van der Waals surface area (Å²) < 4.78 is 38.5. The zero-order valence-corrected chi connectivity index (χ0v) is 19.2. The third kappa shape index (κ3) is 5.79. The molecule has 1 aliphatic carbocycles. The highest BCUT2D eigenvalue weighted by atomic mass is 32.2. The van der Waals surface area contributed by atoms with Crippen LogP contribution in [0.5, 0.6) is 11.5 Å². The van der Waals surface area contributed by atoms with Crippen LogP contribution in [0.2, 0.25) is 0 Å². The Kier molecular flexibility index (Phi) is 8.10. The summed E-state index contributed by atoms with van der Waals surface area (Å²) in [5.41, 5.74) is 3.75. The predicted molar refractivity (Wildman–Crippen MR) is 124 cm³/mol. The van der Waals surface area contributed by atoms with Gasteiger partial charge in [-0.25, -0.2) is 13.8 Å². The Morgan fingerprint density at radius 2 is 1.62 bits per heavy atom. The van der Waals surface area contributed by atoms with Crippen molar-refractivity contribution in [2.24, 2.45) is 5.10 Å². The van der Waals surface area contributed by atoms with Crippen molar-refractivity contribution in [3.8, 4) is 11.5 Å². The largest absolute Gasteiger partial charge is 0.497 e. The van der Waals surface area contributed by atoms with Crippen molar-refractivity contribution < 1.29 is 22.7 Å². The number of hydrazone groups is 1. The standard InChI is InChI=1S/C23H29N3O5S/c1-30-19-13-15-20(16-14-19)32(28,29)26(21-11-7-8-12-22(21)31-2)17-23(27)25-24-18-9-5-3-4-6-10-18/h7-8,11-16H,3-6,9-10,17H2,1-2H3,(H,25,27). The van der Waals surface area contributed by atoms with Crippen LogP contribution in [0.15, 0.2) is 58.5 Å². The molecular weight excluding hydrogens is 430 g/mol. The summed E-state index contributed by atoms with van der Waals surface area (Å²) in [6, 6.07) is 12.7. The fourth-order valence-corrected chi connectivity index (χ4v) is 5.00. The lowest BCUT2D eigenvalue weighted by Crippen LogP contribution is -2.40. The summed E-state index contributed by atoms with van der Waals surface area (Å²) in [6.07, 6.45) is 6.12. The first-order valence-electron chi connectivity index (χ1n) is 10.6. The van der Waals surface area contributed by atoms with Gasteiger partial charge in [0.2, 0.25) is 0 Å². The molecule has 0 bridgehead atoms. The van der Waals surface area contributed by atoms with Gasteiger partial charge in [0.1, 0.15) is 18.0 Å². The van der Waals surface area contributed by atoms with E-state index in [9.17, 15) is 13.2 Å². The topological polar surface area (TPSA) is 97.3 Å². The molecule has 0 saturated heterocycles. The molecule has 0 radical (unpaired) electrons. The second kappa shape index (κ2) is 11.0. The zero-order valence-electron chi connectivity index (χ0n) is 18.4. The van der Waals surface area contributed by atoms with Gasteiger partial charge in [0.05, 0.1) is 24.8 Å². The van der Waals surface area contributed by atoms with Crippen LogP contribution in [0.1, 0.15) is 38.5 Å². The molecule has 32 heavy (non-hydrogen) atoms. The lowest BCUT2D eigenvalue weighted by Gasteiger charge is -2.25. The number of amides is 1. The van der Waals surface area contributed by atoms with E-state index in [0.717, 1.165) is 48.5 Å². The van der Waals surface area contributed by atoms with Crippen molar-refractivity contribution in [3.05, 3.63) is 48.5 Å². The minimum atomic E-state index is -4.07. The maximum Gasteiger partial charge on any atom is 0.264 e. The first kappa shape index (κ1) is 23.6. The summed E-state index contributed by atoms with van der Waals surface area (Å²) >= 11 is 0. The average Bonchev–Trinajstić information content (AvgIpc) is 3.10. The van der Waals surface area contributed by atoms with Gasteiger partial charge in [-0.05, 0) is 62.1 Å². The van der Waals surface area contributed by atoms with E-state index < -0.39 is 22.5 Å². The molecule has 9 heteroatoms. The van der Waals surface area contributed by atoms with Crippen LogP contribution in [-0.4, -0.2) is 40.8 Å². The number of nitrogens with one attached hydrogen (secondary N) is 1. The number of nitrogens with zero attached hydrogens (tertiary/aromatic N) is 2. The zero-order chi connectivity index (χ0) is 23.0. The number of carbonyl (C=O) groups excluding carboxylic acids is 1. The summed E-state index contributed by atoms with van der Waals surface area (Å²) in [5.74, 6) is 0.349. The number of hydrogen-bond donors (Lipinski definition) is 1. The number of ether oxygens (including phenoxy) is 2. The molecule has 2 aromatic rings. The van der Waals surface area contributed by atoms with Crippen molar-refractivity contribution in [2.45, 2.75) is 43.4 Å². The van der Waals surface area contributed by atoms with Gasteiger partial charge in [0.25, 0.3) is 15.9 Å². The van der Waals surface area contributed by atoms with E-state index in [4.69, 9.17) is 9.47 Å². The lowest BCUT2D eigenvalue weighted by molar-refractivity contribution is -0.119. The minimum absolute atomic E-state index is 0.0343. The van der Waals surface area contributed by atoms with Gasteiger partial charge in [0.15, 0.2) is 0 Å². The number of hydrogen-bond acceptors (Lipinski definition) is 6. The van der Waals surface area contributed by atoms with Crippen LogP contribution in [0, 0.1) is 0 Å². The number of rotatable bonds is 8. The maximum atomic E-state index is 13.5. The van der Waals surface area contributed by atoms with E-state index in [-0.39, 0.29) is 10.6 Å². The quantitative estimate of drug-likeness (QED) is 0.479. The molecule has 172 valence electrons. The Morgan fingerprint density at radius 1 is 0.969 bits per heavy atom. The summed E-state index contributed by atoms with van der Waals surface area (Å²) in [5, 5.41) is 4.26. The molecule has 1 N–H and O–H groups in total. The monoisotopic (exact) mass is 459 g/mol. The Bertz CT molecular complexity index is 1040. The van der Waals surface area contributed by atoms with Crippen molar-refractivity contribution in [2.75, 3.05) is 25.1 Å². The van der Waals surface area contributed by atoms with Gasteiger partial charge in [-0.15, -0.1) is 0 Å². The molecule has 3 rings (SSSR count). The van der Waals surface area contributed by atoms with E-state index in [1.54, 1.807) is 36.4 Å². The van der Waals surface area contributed by atoms with Crippen LogP contribution in [0.25, 0.3) is 0 Å². The van der Waals surface area contributed by atoms with Crippen molar-refractivity contribution >= 4 is 27.3 Å². The van der Waals surface area contributed by atoms with Crippen LogP contribution in [-0.2, 0) is 14.8 Å². The number of carbonyl (C=O) groups is 1. The Morgan fingerprint density at radius 3 is 2.25 bits per heavy atom. The van der Waals surface area contributed by atoms with Gasteiger partial charge in [-0.2, -0.15) is 5.10 Å². The fraction of sp³-hybridized carbons (Fsp3) is 0.391. The molecule has 0 heterocycles. The Balaban J connectivity index is 1.90. The summed E-state index contributed by atoms with van der Waals surface area (Å²) in [7, 11) is -1.11.